The van der Waals surface area contributed by atoms with E-state index in [1.165, 1.54) is 0 Å². The molecule has 0 fully saturated rings. The molecule has 2 rings (SSSR count). The summed E-state index contributed by atoms with van der Waals surface area (Å²) in [6.07, 6.45) is 11.2. The summed E-state index contributed by atoms with van der Waals surface area (Å²) >= 11 is 0. The lowest BCUT2D eigenvalue weighted by Gasteiger charge is -2.14. The summed E-state index contributed by atoms with van der Waals surface area (Å²) in [5.41, 5.74) is 3.55. The Morgan fingerprint density at radius 3 is 2.18 bits per heavy atom. The largest absolute Gasteiger partial charge is 0.290 e. The first-order chi connectivity index (χ1) is 8.11. The maximum absolute atomic E-state index is 11.8. The molecule has 0 atom stereocenters. The lowest BCUT2D eigenvalue weighted by Crippen LogP contribution is -2.09. The SMILES string of the molecule is CCC1=CC(=C2C=CC(=O)C=C2)C=C(C)C1=O. The van der Waals surface area contributed by atoms with Crippen molar-refractivity contribution in [3.63, 3.8) is 0 Å². The van der Waals surface area contributed by atoms with Crippen LogP contribution in [0, 0.1) is 0 Å². The smallest absolute Gasteiger partial charge is 0.184 e. The van der Waals surface area contributed by atoms with E-state index in [4.69, 9.17) is 0 Å². The third-order valence-corrected chi connectivity index (χ3v) is 2.92. The first kappa shape index (κ1) is 11.5. The monoisotopic (exact) mass is 226 g/mol. The van der Waals surface area contributed by atoms with Gasteiger partial charge in [-0.2, -0.15) is 0 Å². The van der Waals surface area contributed by atoms with Gasteiger partial charge in [-0.15, -0.1) is 0 Å². The second-order valence-corrected chi connectivity index (χ2v) is 4.16. The zero-order chi connectivity index (χ0) is 12.4. The molecule has 0 aromatic rings. The third-order valence-electron chi connectivity index (χ3n) is 2.92. The van der Waals surface area contributed by atoms with E-state index in [1.54, 1.807) is 24.3 Å². The van der Waals surface area contributed by atoms with Crippen LogP contribution in [-0.2, 0) is 9.59 Å². The van der Waals surface area contributed by atoms with Crippen molar-refractivity contribution in [3.05, 3.63) is 58.7 Å². The van der Waals surface area contributed by atoms with Gasteiger partial charge in [-0.05, 0) is 54.4 Å². The van der Waals surface area contributed by atoms with Crippen molar-refractivity contribution in [1.82, 2.24) is 0 Å². The summed E-state index contributed by atoms with van der Waals surface area (Å²) in [7, 11) is 0. The van der Waals surface area contributed by atoms with Crippen LogP contribution in [0.1, 0.15) is 20.3 Å². The van der Waals surface area contributed by atoms with E-state index in [0.29, 0.717) is 0 Å². The van der Waals surface area contributed by atoms with Gasteiger partial charge in [0.15, 0.2) is 11.6 Å². The molecule has 0 radical (unpaired) electrons. The zero-order valence-electron chi connectivity index (χ0n) is 9.99. The predicted molar refractivity (Wildman–Crippen MR) is 67.5 cm³/mol. The number of rotatable bonds is 1. The number of carbonyl (C=O) groups is 2. The van der Waals surface area contributed by atoms with Gasteiger partial charge in [-0.3, -0.25) is 9.59 Å². The molecule has 17 heavy (non-hydrogen) atoms. The molecule has 0 amide bonds. The minimum absolute atomic E-state index is 0.00151. The van der Waals surface area contributed by atoms with Gasteiger partial charge in [0.25, 0.3) is 0 Å². The van der Waals surface area contributed by atoms with Crippen LogP contribution in [0.15, 0.2) is 58.7 Å². The van der Waals surface area contributed by atoms with Crippen LogP contribution in [-0.4, -0.2) is 11.6 Å². The summed E-state index contributed by atoms with van der Waals surface area (Å²) < 4.78 is 0. The lowest BCUT2D eigenvalue weighted by molar-refractivity contribution is -0.112. The van der Waals surface area contributed by atoms with Crippen molar-refractivity contribution >= 4 is 11.6 Å². The highest BCUT2D eigenvalue weighted by Crippen LogP contribution is 2.25. The molecule has 0 heterocycles. The Morgan fingerprint density at radius 2 is 1.59 bits per heavy atom. The van der Waals surface area contributed by atoms with Gasteiger partial charge >= 0.3 is 0 Å². The Labute approximate surface area is 101 Å². The first-order valence-corrected chi connectivity index (χ1v) is 5.69. The van der Waals surface area contributed by atoms with Gasteiger partial charge in [0.05, 0.1) is 0 Å². The molecule has 0 aromatic carbocycles. The van der Waals surface area contributed by atoms with Crippen molar-refractivity contribution < 1.29 is 9.59 Å². The molecule has 2 heteroatoms. The van der Waals surface area contributed by atoms with Crippen LogP contribution in [0.25, 0.3) is 0 Å². The molecule has 86 valence electrons. The Balaban J connectivity index is 2.47. The number of ketones is 2. The standard InChI is InChI=1S/C15H14O2/c1-3-11-9-13(8-10(2)15(11)17)12-4-6-14(16)7-5-12/h4-9H,3H2,1-2H3. The Kier molecular flexibility index (Phi) is 3.05. The summed E-state index contributed by atoms with van der Waals surface area (Å²) in [4.78, 5) is 22.8. The normalized spacial score (nSPS) is 19.6. The van der Waals surface area contributed by atoms with Gasteiger partial charge in [0.2, 0.25) is 0 Å². The van der Waals surface area contributed by atoms with Gasteiger partial charge < -0.3 is 0 Å². The zero-order valence-corrected chi connectivity index (χ0v) is 9.99. The van der Waals surface area contributed by atoms with Gasteiger partial charge in [0, 0.05) is 5.57 Å². The Bertz CT molecular complexity index is 519. The topological polar surface area (TPSA) is 34.1 Å². The minimum Gasteiger partial charge on any atom is -0.290 e. The van der Waals surface area contributed by atoms with Crippen LogP contribution in [0.2, 0.25) is 0 Å². The Morgan fingerprint density at radius 1 is 0.941 bits per heavy atom. The fraction of sp³-hybridized carbons (Fsp3) is 0.200. The molecule has 0 spiro atoms. The first-order valence-electron chi connectivity index (χ1n) is 5.69. The third kappa shape index (κ3) is 2.26. The molecule has 0 saturated carbocycles. The highest BCUT2D eigenvalue weighted by Gasteiger charge is 2.16. The molecule has 0 aliphatic heterocycles. The van der Waals surface area contributed by atoms with E-state index in [-0.39, 0.29) is 11.6 Å². The van der Waals surface area contributed by atoms with E-state index in [9.17, 15) is 9.59 Å². The van der Waals surface area contributed by atoms with Gasteiger partial charge in [-0.25, -0.2) is 0 Å². The lowest BCUT2D eigenvalue weighted by atomic mass is 9.90. The van der Waals surface area contributed by atoms with E-state index >= 15 is 0 Å². The van der Waals surface area contributed by atoms with E-state index < -0.39 is 0 Å². The van der Waals surface area contributed by atoms with Crippen molar-refractivity contribution in [2.24, 2.45) is 0 Å². The molecule has 2 nitrogen and oxygen atoms in total. The second-order valence-electron chi connectivity index (χ2n) is 4.16. The van der Waals surface area contributed by atoms with Crippen LogP contribution >= 0.6 is 0 Å². The van der Waals surface area contributed by atoms with Crippen molar-refractivity contribution in [2.45, 2.75) is 20.3 Å². The fourth-order valence-electron chi connectivity index (χ4n) is 1.92. The molecule has 0 aromatic heterocycles. The molecule has 2 aliphatic carbocycles. The maximum Gasteiger partial charge on any atom is 0.184 e. The molecule has 0 unspecified atom stereocenters. The van der Waals surface area contributed by atoms with Crippen LogP contribution in [0.4, 0.5) is 0 Å². The number of hydrogen-bond donors (Lipinski definition) is 0. The van der Waals surface area contributed by atoms with Gasteiger partial charge in [0.1, 0.15) is 0 Å². The average Bonchev–Trinajstić information content (AvgIpc) is 2.33. The summed E-state index contributed by atoms with van der Waals surface area (Å²) in [6.45, 7) is 3.80. The molecule has 2 aliphatic rings. The van der Waals surface area contributed by atoms with E-state index in [2.05, 4.69) is 0 Å². The number of hydrogen-bond acceptors (Lipinski definition) is 2. The van der Waals surface area contributed by atoms with Crippen LogP contribution < -0.4 is 0 Å². The van der Waals surface area contributed by atoms with E-state index in [0.717, 1.165) is 28.7 Å². The number of allylic oxidation sites excluding steroid dienone is 10. The van der Waals surface area contributed by atoms with Gasteiger partial charge in [-0.1, -0.05) is 19.1 Å². The highest BCUT2D eigenvalue weighted by atomic mass is 16.1. The molecule has 0 bridgehead atoms. The number of carbonyl (C=O) groups excluding carboxylic acids is 2. The molecular weight excluding hydrogens is 212 g/mol. The Hall–Kier alpha value is -1.96. The molecular formula is C15H14O2. The van der Waals surface area contributed by atoms with Crippen LogP contribution in [0.3, 0.4) is 0 Å². The maximum atomic E-state index is 11.8. The summed E-state index contributed by atoms with van der Waals surface area (Å²) in [6, 6.07) is 0. The number of Topliss-reactive ketones (excluding diaryl/α,β-unsaturated/α-hetero) is 1. The predicted octanol–water partition coefficient (Wildman–Crippen LogP) is 2.84. The molecule has 0 N–H and O–H groups in total. The fourth-order valence-corrected chi connectivity index (χ4v) is 1.92. The van der Waals surface area contributed by atoms with Crippen molar-refractivity contribution in [1.29, 1.82) is 0 Å². The average molecular weight is 226 g/mol. The summed E-state index contributed by atoms with van der Waals surface area (Å²) in [5, 5.41) is 0. The quantitative estimate of drug-likeness (QED) is 0.689. The molecule has 0 saturated heterocycles. The summed E-state index contributed by atoms with van der Waals surface area (Å²) in [5.74, 6) is 0.123. The second kappa shape index (κ2) is 4.50. The van der Waals surface area contributed by atoms with E-state index in [1.807, 2.05) is 26.0 Å². The van der Waals surface area contributed by atoms with Crippen molar-refractivity contribution in [2.75, 3.05) is 0 Å². The van der Waals surface area contributed by atoms with Crippen molar-refractivity contribution in [3.8, 4) is 0 Å². The minimum atomic E-state index is 0.00151. The highest BCUT2D eigenvalue weighted by molar-refractivity contribution is 6.10. The van der Waals surface area contributed by atoms with Crippen LogP contribution in [0.5, 0.6) is 0 Å².